The van der Waals surface area contributed by atoms with Crippen molar-refractivity contribution in [2.45, 2.75) is 20.4 Å². The largest absolute Gasteiger partial charge is 0.369 e. The molecule has 0 saturated carbocycles. The Hall–Kier alpha value is -2.00. The van der Waals surface area contributed by atoms with Crippen molar-refractivity contribution < 1.29 is 5.11 Å². The highest BCUT2D eigenvalue weighted by Crippen LogP contribution is 2.21. The normalized spacial score (nSPS) is 16.0. The second kappa shape index (κ2) is 6.41. The van der Waals surface area contributed by atoms with E-state index in [9.17, 15) is 5.11 Å². The van der Waals surface area contributed by atoms with Gasteiger partial charge in [-0.05, 0) is 54.8 Å². The lowest BCUT2D eigenvalue weighted by Gasteiger charge is -2.36. The van der Waals surface area contributed by atoms with E-state index in [1.165, 1.54) is 16.7 Å². The molecule has 3 heteroatoms. The van der Waals surface area contributed by atoms with Gasteiger partial charge in [0.25, 0.3) is 0 Å². The average molecular weight is 295 g/mol. The molecule has 1 fully saturated rings. The highest BCUT2D eigenvalue weighted by molar-refractivity contribution is 5.49. The van der Waals surface area contributed by atoms with Gasteiger partial charge in [-0.15, -0.1) is 0 Å². The zero-order valence-electron chi connectivity index (χ0n) is 13.4. The van der Waals surface area contributed by atoms with Gasteiger partial charge in [-0.2, -0.15) is 0 Å². The van der Waals surface area contributed by atoms with Gasteiger partial charge < -0.3 is 4.90 Å². The molecule has 3 nitrogen and oxygen atoms in total. The van der Waals surface area contributed by atoms with Crippen molar-refractivity contribution in [3.8, 4) is 5.75 Å². The maximum atomic E-state index is 11.2. The first-order chi connectivity index (χ1) is 10.6. The Bertz CT molecular complexity index is 628. The highest BCUT2D eigenvalue weighted by Gasteiger charge is 2.17. The lowest BCUT2D eigenvalue weighted by atomic mass is 10.1. The maximum Gasteiger partial charge on any atom is 0.178 e. The monoisotopic (exact) mass is 295 g/mol. The summed E-state index contributed by atoms with van der Waals surface area (Å²) in [5.41, 5.74) is 5.28. The van der Waals surface area contributed by atoms with E-state index in [-0.39, 0.29) is 5.75 Å². The number of aryl methyl sites for hydroxylation is 2. The molecule has 1 heterocycles. The fourth-order valence-corrected chi connectivity index (χ4v) is 2.98. The molecule has 0 unspecified atom stereocenters. The lowest BCUT2D eigenvalue weighted by molar-refractivity contribution is 0.250. The van der Waals surface area contributed by atoms with Gasteiger partial charge in [0.2, 0.25) is 0 Å². The van der Waals surface area contributed by atoms with Gasteiger partial charge in [-0.3, -0.25) is 10.0 Å². The van der Waals surface area contributed by atoms with E-state index in [0.29, 0.717) is 0 Å². The molecular weight excluding hydrogens is 272 g/mol. The Morgan fingerprint density at radius 3 is 2.18 bits per heavy atom. The van der Waals surface area contributed by atoms with Crippen molar-refractivity contribution in [2.75, 3.05) is 31.1 Å². The van der Waals surface area contributed by atoms with Crippen LogP contribution >= 0.6 is 0 Å². The van der Waals surface area contributed by atoms with Crippen molar-refractivity contribution in [1.82, 2.24) is 4.90 Å². The van der Waals surface area contributed by atoms with Crippen molar-refractivity contribution >= 4 is 5.69 Å². The number of anilines is 1. The van der Waals surface area contributed by atoms with Gasteiger partial charge in [0.05, 0.1) is 0 Å². The molecule has 22 heavy (non-hydrogen) atoms. The number of rotatable bonds is 3. The van der Waals surface area contributed by atoms with Gasteiger partial charge in [0, 0.05) is 38.4 Å². The molecule has 115 valence electrons. The summed E-state index contributed by atoms with van der Waals surface area (Å²) in [7, 11) is 0. The molecular formula is C19H23N2O. The quantitative estimate of drug-likeness (QED) is 0.861. The second-order valence-electron chi connectivity index (χ2n) is 6.18. The van der Waals surface area contributed by atoms with Crippen molar-refractivity contribution in [1.29, 1.82) is 0 Å². The third-order valence-electron chi connectivity index (χ3n) is 4.55. The molecule has 0 N–H and O–H groups in total. The zero-order valence-corrected chi connectivity index (χ0v) is 13.4. The molecule has 2 aromatic rings. The average Bonchev–Trinajstić information content (AvgIpc) is 2.53. The van der Waals surface area contributed by atoms with Crippen LogP contribution in [0.4, 0.5) is 5.69 Å². The summed E-state index contributed by atoms with van der Waals surface area (Å²) >= 11 is 0. The maximum absolute atomic E-state index is 11.2. The van der Waals surface area contributed by atoms with Gasteiger partial charge in [0.15, 0.2) is 5.75 Å². The molecule has 0 bridgehead atoms. The topological polar surface area (TPSA) is 26.4 Å². The predicted molar refractivity (Wildman–Crippen MR) is 90.0 cm³/mol. The summed E-state index contributed by atoms with van der Waals surface area (Å²) in [6.07, 6.45) is 0. The van der Waals surface area contributed by atoms with E-state index >= 15 is 0 Å². The van der Waals surface area contributed by atoms with Gasteiger partial charge in [0.1, 0.15) is 0 Å². The lowest BCUT2D eigenvalue weighted by Crippen LogP contribution is -2.45. The van der Waals surface area contributed by atoms with Gasteiger partial charge in [-0.1, -0.05) is 18.2 Å². The minimum Gasteiger partial charge on any atom is -0.369 e. The molecule has 2 aromatic carbocycles. The fourth-order valence-electron chi connectivity index (χ4n) is 2.98. The number of nitrogens with zero attached hydrogens (tertiary/aromatic N) is 2. The fraction of sp³-hybridized carbons (Fsp3) is 0.368. The van der Waals surface area contributed by atoms with Crippen LogP contribution in [0, 0.1) is 13.8 Å². The number of piperazine rings is 1. The third kappa shape index (κ3) is 3.42. The molecule has 0 atom stereocenters. The van der Waals surface area contributed by atoms with E-state index in [4.69, 9.17) is 0 Å². The van der Waals surface area contributed by atoms with E-state index in [0.717, 1.165) is 38.4 Å². The van der Waals surface area contributed by atoms with Crippen molar-refractivity contribution in [3.63, 3.8) is 0 Å². The predicted octanol–water partition coefficient (Wildman–Crippen LogP) is 3.77. The van der Waals surface area contributed by atoms with Crippen LogP contribution in [0.5, 0.6) is 5.75 Å². The first kappa shape index (κ1) is 14.9. The molecule has 1 aliphatic heterocycles. The molecule has 0 aliphatic carbocycles. The second-order valence-corrected chi connectivity index (χ2v) is 6.18. The summed E-state index contributed by atoms with van der Waals surface area (Å²) in [6.45, 7) is 9.51. The van der Waals surface area contributed by atoms with Crippen LogP contribution in [0.2, 0.25) is 0 Å². The molecule has 1 aliphatic rings. The molecule has 3 rings (SSSR count). The Morgan fingerprint density at radius 1 is 0.864 bits per heavy atom. The summed E-state index contributed by atoms with van der Waals surface area (Å²) in [4.78, 5) is 4.86. The molecule has 0 aromatic heterocycles. The van der Waals surface area contributed by atoms with Gasteiger partial charge in [-0.25, -0.2) is 0 Å². The molecule has 1 saturated heterocycles. The first-order valence-electron chi connectivity index (χ1n) is 7.92. The van der Waals surface area contributed by atoms with Crippen molar-refractivity contribution in [2.24, 2.45) is 0 Å². The summed E-state index contributed by atoms with van der Waals surface area (Å²) in [5.74, 6) is 0.0807. The summed E-state index contributed by atoms with van der Waals surface area (Å²) in [6, 6.07) is 13.9. The summed E-state index contributed by atoms with van der Waals surface area (Å²) in [5, 5.41) is 11.2. The zero-order chi connectivity index (χ0) is 15.5. The smallest absolute Gasteiger partial charge is 0.178 e. The van der Waals surface area contributed by atoms with E-state index in [1.54, 1.807) is 12.1 Å². The molecule has 1 radical (unpaired) electrons. The van der Waals surface area contributed by atoms with Crippen LogP contribution in [0.15, 0.2) is 42.5 Å². The van der Waals surface area contributed by atoms with Crippen LogP contribution in [0.25, 0.3) is 0 Å². The minimum atomic E-state index is 0.0807. The van der Waals surface area contributed by atoms with E-state index in [1.807, 2.05) is 12.1 Å². The number of benzene rings is 2. The van der Waals surface area contributed by atoms with Crippen LogP contribution in [-0.4, -0.2) is 31.1 Å². The van der Waals surface area contributed by atoms with Crippen LogP contribution < -0.4 is 4.90 Å². The Kier molecular flexibility index (Phi) is 4.34. The summed E-state index contributed by atoms with van der Waals surface area (Å²) < 4.78 is 0. The molecule has 0 spiro atoms. The first-order valence-corrected chi connectivity index (χ1v) is 7.92. The highest BCUT2D eigenvalue weighted by atomic mass is 16.3. The Balaban J connectivity index is 1.57. The number of hydrogen-bond acceptors (Lipinski definition) is 2. The van der Waals surface area contributed by atoms with Crippen LogP contribution in [0.1, 0.15) is 16.7 Å². The number of hydrogen-bond donors (Lipinski definition) is 0. The Morgan fingerprint density at radius 2 is 1.55 bits per heavy atom. The third-order valence-corrected chi connectivity index (χ3v) is 4.55. The van der Waals surface area contributed by atoms with E-state index < -0.39 is 0 Å². The molecule has 0 amide bonds. The van der Waals surface area contributed by atoms with Crippen molar-refractivity contribution in [3.05, 3.63) is 59.2 Å². The Labute approximate surface area is 132 Å². The van der Waals surface area contributed by atoms with Crippen LogP contribution in [-0.2, 0) is 11.7 Å². The van der Waals surface area contributed by atoms with E-state index in [2.05, 4.69) is 41.8 Å². The minimum absolute atomic E-state index is 0.0807. The standard InChI is InChI=1S/C19H23N2O/c1-15-3-4-17(13-16(15)2)14-20-9-11-21(12-10-20)18-5-7-19(22)8-6-18/h3-8,13H,9-12,14H2,1-2H3. The van der Waals surface area contributed by atoms with Crippen LogP contribution in [0.3, 0.4) is 0 Å². The SMILES string of the molecule is Cc1ccc(CN2CCN(c3ccc([O])cc3)CC2)cc1C. The van der Waals surface area contributed by atoms with Gasteiger partial charge >= 0.3 is 0 Å².